The molecule has 12 rings (SSSR count). The van der Waals surface area contributed by atoms with E-state index in [2.05, 4.69) is 276 Å². The molecule has 0 fully saturated rings. The first kappa shape index (κ1) is 39.5. The van der Waals surface area contributed by atoms with Gasteiger partial charge in [-0.3, -0.25) is 0 Å². The zero-order valence-corrected chi connectivity index (χ0v) is 37.2. The number of hydrogen-bond donors (Lipinski definition) is 0. The summed E-state index contributed by atoms with van der Waals surface area (Å²) in [6.45, 7) is 4.64. The van der Waals surface area contributed by atoms with Gasteiger partial charge in [0, 0.05) is 67.9 Å². The highest BCUT2D eigenvalue weighted by atomic mass is 15.2. The molecule has 4 heteroatoms. The van der Waals surface area contributed by atoms with Crippen molar-refractivity contribution in [3.8, 4) is 11.1 Å². The summed E-state index contributed by atoms with van der Waals surface area (Å²) in [5.74, 6) is 0.799. The van der Waals surface area contributed by atoms with Crippen molar-refractivity contribution >= 4 is 73.0 Å². The number of allylic oxidation sites excluding steroid dienone is 6. The Kier molecular flexibility index (Phi) is 9.68. The van der Waals surface area contributed by atoms with Crippen LogP contribution in [0.4, 0.5) is 45.5 Å². The van der Waals surface area contributed by atoms with Crippen molar-refractivity contribution in [3.05, 3.63) is 248 Å². The van der Waals surface area contributed by atoms with Crippen LogP contribution in [0.3, 0.4) is 0 Å². The molecule has 2 heterocycles. The molecule has 0 saturated carbocycles. The third-order valence-corrected chi connectivity index (χ3v) is 13.9. The minimum absolute atomic E-state index is 0.206. The summed E-state index contributed by atoms with van der Waals surface area (Å²) >= 11 is 0. The second-order valence-electron chi connectivity index (χ2n) is 18.1. The first-order chi connectivity index (χ1) is 32.5. The largest absolute Gasteiger partial charge is 0.331 e. The number of benzene rings is 8. The Morgan fingerprint density at radius 2 is 1.05 bits per heavy atom. The molecule has 0 amide bonds. The highest BCUT2D eigenvalue weighted by molar-refractivity contribution is 6.11. The van der Waals surface area contributed by atoms with E-state index in [0.717, 1.165) is 40.5 Å². The molecule has 0 spiro atoms. The van der Waals surface area contributed by atoms with Crippen LogP contribution in [0, 0.1) is 5.92 Å². The molecule has 4 nitrogen and oxygen atoms in total. The fraction of sp³-hybridized carbons (Fsp3) is 0.0968. The highest BCUT2D eigenvalue weighted by Crippen LogP contribution is 2.55. The minimum atomic E-state index is -0.206. The van der Waals surface area contributed by atoms with Gasteiger partial charge in [-0.1, -0.05) is 153 Å². The number of rotatable bonds is 9. The van der Waals surface area contributed by atoms with E-state index in [1.54, 1.807) is 0 Å². The lowest BCUT2D eigenvalue weighted by molar-refractivity contribution is 0.542. The summed E-state index contributed by atoms with van der Waals surface area (Å²) in [6, 6.07) is 73.0. The van der Waals surface area contributed by atoms with Crippen LogP contribution in [0.1, 0.15) is 31.7 Å². The first-order valence-electron chi connectivity index (χ1n) is 23.2. The summed E-state index contributed by atoms with van der Waals surface area (Å²) < 4.78 is 2.44. The van der Waals surface area contributed by atoms with Crippen LogP contribution >= 0.6 is 0 Å². The molecular formula is C62H50N4. The van der Waals surface area contributed by atoms with Gasteiger partial charge in [-0.25, -0.2) is 0 Å². The Bertz CT molecular complexity index is 3360. The van der Waals surface area contributed by atoms with Gasteiger partial charge < -0.3 is 19.3 Å². The number of para-hydroxylation sites is 4. The number of fused-ring (bicyclic) bond motifs is 6. The molecule has 2 aliphatic carbocycles. The Labute approximate surface area is 387 Å². The van der Waals surface area contributed by atoms with Crippen LogP contribution in [0.25, 0.3) is 38.6 Å². The van der Waals surface area contributed by atoms with Crippen LogP contribution in [-0.2, 0) is 0 Å². The molecule has 66 heavy (non-hydrogen) atoms. The van der Waals surface area contributed by atoms with Gasteiger partial charge in [0.15, 0.2) is 0 Å². The topological polar surface area (TPSA) is 14.7 Å². The lowest BCUT2D eigenvalue weighted by Crippen LogP contribution is -2.41. The zero-order valence-electron chi connectivity index (χ0n) is 37.2. The van der Waals surface area contributed by atoms with Gasteiger partial charge in [0.2, 0.25) is 0 Å². The molecule has 1 aromatic heterocycles. The Balaban J connectivity index is 0.895. The predicted octanol–water partition coefficient (Wildman–Crippen LogP) is 17.0. The Morgan fingerprint density at radius 1 is 0.500 bits per heavy atom. The van der Waals surface area contributed by atoms with E-state index in [1.165, 1.54) is 55.6 Å². The molecule has 3 aliphatic rings. The van der Waals surface area contributed by atoms with Crippen molar-refractivity contribution in [2.75, 3.05) is 14.7 Å². The lowest BCUT2D eigenvalue weighted by atomic mass is 9.80. The zero-order chi connectivity index (χ0) is 44.2. The highest BCUT2D eigenvalue weighted by Gasteiger charge is 2.47. The molecule has 1 aliphatic heterocycles. The Morgan fingerprint density at radius 3 is 1.68 bits per heavy atom. The lowest BCUT2D eigenvalue weighted by Gasteiger charge is -2.39. The average Bonchev–Trinajstić information content (AvgIpc) is 3.84. The maximum Gasteiger partial charge on any atom is 0.0712 e. The molecule has 318 valence electrons. The van der Waals surface area contributed by atoms with Crippen molar-refractivity contribution in [1.82, 2.24) is 4.57 Å². The normalized spacial score (nSPS) is 18.3. The quantitative estimate of drug-likeness (QED) is 0.144. The molecule has 0 radical (unpaired) electrons. The summed E-state index contributed by atoms with van der Waals surface area (Å²) in [7, 11) is 0. The van der Waals surface area contributed by atoms with Gasteiger partial charge in [0.25, 0.3) is 0 Å². The monoisotopic (exact) mass is 850 g/mol. The molecule has 0 N–H and O–H groups in total. The van der Waals surface area contributed by atoms with E-state index < -0.39 is 0 Å². The van der Waals surface area contributed by atoms with E-state index in [-0.39, 0.29) is 11.5 Å². The van der Waals surface area contributed by atoms with Crippen LogP contribution < -0.4 is 14.7 Å². The fourth-order valence-electron chi connectivity index (χ4n) is 10.7. The van der Waals surface area contributed by atoms with Gasteiger partial charge in [0.1, 0.15) is 0 Å². The number of aromatic nitrogens is 1. The van der Waals surface area contributed by atoms with E-state index in [9.17, 15) is 0 Å². The van der Waals surface area contributed by atoms with Crippen molar-refractivity contribution in [3.63, 3.8) is 0 Å². The summed E-state index contributed by atoms with van der Waals surface area (Å²) in [5.41, 5.74) is 16.2. The molecule has 0 saturated heterocycles. The molecular weight excluding hydrogens is 801 g/mol. The van der Waals surface area contributed by atoms with Crippen LogP contribution in [-0.4, -0.2) is 10.1 Å². The Hall–Kier alpha value is -8.08. The SMILES string of the molecule is CC1C=CC(n2c3ccccc3c3ccc(N(c4ccccc4)c4ccc(-c5ccc(N(c6ccccc6)c6ccc7c(c6)N(c6ccccc6)[C@@]6(C)C=CC=C[C@H]76)cc5)cc4)cc32)=CC1. The standard InChI is InChI=1S/C62H50N4/c1-44-25-31-51(32-26-44)65-59-24-13-12-22-55(59)56-39-37-53(42-60(56)65)63(47-16-6-3-7-17-47)49-33-27-45(28-34-49)46-29-35-50(36-30-46)64(48-18-8-4-9-19-48)54-38-40-57-58-23-14-15-41-62(58,2)66(61(57)43-54)52-20-10-5-11-21-52/h3-25,27-44,58H,26H2,1-2H3/t44?,58-,62+/m1/s1. The van der Waals surface area contributed by atoms with Gasteiger partial charge >= 0.3 is 0 Å². The smallest absolute Gasteiger partial charge is 0.0712 e. The maximum absolute atomic E-state index is 2.52. The van der Waals surface area contributed by atoms with E-state index >= 15 is 0 Å². The molecule has 8 aromatic carbocycles. The van der Waals surface area contributed by atoms with E-state index in [1.807, 2.05) is 0 Å². The summed E-state index contributed by atoms with van der Waals surface area (Å²) in [4.78, 5) is 7.27. The van der Waals surface area contributed by atoms with Gasteiger partial charge in [-0.05, 0) is 133 Å². The molecule has 0 bridgehead atoms. The van der Waals surface area contributed by atoms with Crippen LogP contribution in [0.15, 0.2) is 243 Å². The molecule has 9 aromatic rings. The average molecular weight is 851 g/mol. The number of nitrogens with zero attached hydrogens (tertiary/aromatic N) is 4. The van der Waals surface area contributed by atoms with Gasteiger partial charge in [-0.2, -0.15) is 0 Å². The van der Waals surface area contributed by atoms with E-state index in [4.69, 9.17) is 0 Å². The van der Waals surface area contributed by atoms with Crippen LogP contribution in [0.5, 0.6) is 0 Å². The first-order valence-corrected chi connectivity index (χ1v) is 23.2. The summed E-state index contributed by atoms with van der Waals surface area (Å²) in [6.07, 6.45) is 17.1. The fourth-order valence-corrected chi connectivity index (χ4v) is 10.7. The minimum Gasteiger partial charge on any atom is -0.331 e. The summed E-state index contributed by atoms with van der Waals surface area (Å²) in [5, 5.41) is 2.52. The van der Waals surface area contributed by atoms with Crippen molar-refractivity contribution in [1.29, 1.82) is 0 Å². The second-order valence-corrected chi connectivity index (χ2v) is 18.1. The second kappa shape index (κ2) is 16.2. The van der Waals surface area contributed by atoms with Gasteiger partial charge in [-0.15, -0.1) is 0 Å². The third kappa shape index (κ3) is 6.68. The molecule has 1 unspecified atom stereocenters. The van der Waals surface area contributed by atoms with Crippen molar-refractivity contribution in [2.45, 2.75) is 31.7 Å². The maximum atomic E-state index is 2.52. The van der Waals surface area contributed by atoms with Gasteiger partial charge in [0.05, 0.1) is 16.6 Å². The van der Waals surface area contributed by atoms with Crippen molar-refractivity contribution < 1.29 is 0 Å². The number of hydrogen-bond acceptors (Lipinski definition) is 3. The number of anilines is 8. The van der Waals surface area contributed by atoms with E-state index in [0.29, 0.717) is 5.92 Å². The van der Waals surface area contributed by atoms with Crippen molar-refractivity contribution in [2.24, 2.45) is 5.92 Å². The third-order valence-electron chi connectivity index (χ3n) is 13.9. The predicted molar refractivity (Wildman–Crippen MR) is 279 cm³/mol. The molecule has 3 atom stereocenters. The van der Waals surface area contributed by atoms with Crippen LogP contribution in [0.2, 0.25) is 0 Å².